The Morgan fingerprint density at radius 3 is 2.55 bits per heavy atom. The zero-order valence-electron chi connectivity index (χ0n) is 10.8. The maximum Gasteiger partial charge on any atom is 0.242 e. The molecule has 1 aromatic carbocycles. The number of nitrogens with one attached hydrogen (secondary N) is 1. The summed E-state index contributed by atoms with van der Waals surface area (Å²) in [5.74, 6) is 0. The van der Waals surface area contributed by atoms with Crippen LogP contribution in [-0.2, 0) is 16.6 Å². The standard InChI is InChI=1S/C12H15Cl2NO3S2/c1-19-12(4-5-12)7-15-20(17,18)10-3-2-9(13)8(6-16)11(10)14/h2-3,15-16H,4-7H2,1H3. The summed E-state index contributed by atoms with van der Waals surface area (Å²) in [5.41, 5.74) is 0.224. The van der Waals surface area contributed by atoms with E-state index in [1.54, 1.807) is 11.8 Å². The van der Waals surface area contributed by atoms with E-state index in [1.807, 2.05) is 6.26 Å². The van der Waals surface area contributed by atoms with Crippen LogP contribution in [0.15, 0.2) is 17.0 Å². The molecule has 0 saturated heterocycles. The molecule has 0 aromatic heterocycles. The van der Waals surface area contributed by atoms with Crippen molar-refractivity contribution in [3.05, 3.63) is 27.7 Å². The number of halogens is 2. The van der Waals surface area contributed by atoms with Crippen molar-refractivity contribution < 1.29 is 13.5 Å². The lowest BCUT2D eigenvalue weighted by molar-refractivity contribution is 0.281. The molecule has 1 aliphatic rings. The molecule has 4 nitrogen and oxygen atoms in total. The summed E-state index contributed by atoms with van der Waals surface area (Å²) < 4.78 is 27.2. The number of hydrogen-bond acceptors (Lipinski definition) is 4. The van der Waals surface area contributed by atoms with Gasteiger partial charge in [0.05, 0.1) is 11.6 Å². The molecule has 0 spiro atoms. The fourth-order valence-electron chi connectivity index (χ4n) is 1.83. The van der Waals surface area contributed by atoms with Crippen molar-refractivity contribution in [3.63, 3.8) is 0 Å². The Morgan fingerprint density at radius 1 is 1.40 bits per heavy atom. The van der Waals surface area contributed by atoms with Gasteiger partial charge in [0.25, 0.3) is 0 Å². The van der Waals surface area contributed by atoms with Crippen LogP contribution in [0.1, 0.15) is 18.4 Å². The molecule has 112 valence electrons. The van der Waals surface area contributed by atoms with E-state index in [9.17, 15) is 13.5 Å². The molecule has 0 bridgehead atoms. The minimum absolute atomic E-state index is 0.0196. The average Bonchev–Trinajstić information content (AvgIpc) is 3.17. The van der Waals surface area contributed by atoms with Crippen LogP contribution in [0.25, 0.3) is 0 Å². The Bertz CT molecular complexity index is 615. The zero-order chi connectivity index (χ0) is 15.0. The van der Waals surface area contributed by atoms with E-state index in [0.717, 1.165) is 12.8 Å². The highest BCUT2D eigenvalue weighted by Gasteiger charge is 2.42. The second kappa shape index (κ2) is 6.02. The van der Waals surface area contributed by atoms with Gasteiger partial charge in [-0.15, -0.1) is 0 Å². The number of hydrogen-bond donors (Lipinski definition) is 2. The molecule has 1 saturated carbocycles. The van der Waals surface area contributed by atoms with Crippen LogP contribution in [0.2, 0.25) is 10.0 Å². The summed E-state index contributed by atoms with van der Waals surface area (Å²) in [7, 11) is -3.71. The highest BCUT2D eigenvalue weighted by molar-refractivity contribution is 8.00. The molecule has 0 radical (unpaired) electrons. The van der Waals surface area contributed by atoms with Gasteiger partial charge < -0.3 is 5.11 Å². The predicted octanol–water partition coefficient (Wildman–Crippen LogP) is 2.66. The molecule has 0 aliphatic heterocycles. The summed E-state index contributed by atoms with van der Waals surface area (Å²) in [6.45, 7) is -0.0281. The second-order valence-corrected chi connectivity index (χ2v) is 8.50. The SMILES string of the molecule is CSC1(CNS(=O)(=O)c2ccc(Cl)c(CO)c2Cl)CC1. The van der Waals surface area contributed by atoms with E-state index in [0.29, 0.717) is 6.54 Å². The predicted molar refractivity (Wildman–Crippen MR) is 83.1 cm³/mol. The van der Waals surface area contributed by atoms with Crippen molar-refractivity contribution in [3.8, 4) is 0 Å². The highest BCUT2D eigenvalue weighted by Crippen LogP contribution is 2.46. The van der Waals surface area contributed by atoms with Crippen LogP contribution in [0, 0.1) is 0 Å². The number of benzene rings is 1. The molecule has 1 aliphatic carbocycles. The number of aliphatic hydroxyl groups is 1. The number of sulfonamides is 1. The quantitative estimate of drug-likeness (QED) is 0.823. The Hall–Kier alpha value is 0.0200. The number of aliphatic hydroxyl groups excluding tert-OH is 1. The topological polar surface area (TPSA) is 66.4 Å². The first-order chi connectivity index (χ1) is 9.35. The Kier molecular flexibility index (Phi) is 4.94. The van der Waals surface area contributed by atoms with E-state index in [-0.39, 0.29) is 25.3 Å². The fourth-order valence-corrected chi connectivity index (χ4v) is 4.67. The maximum absolute atomic E-state index is 12.3. The third-order valence-corrected chi connectivity index (χ3v) is 7.18. The Balaban J connectivity index is 2.26. The normalized spacial score (nSPS) is 17.2. The molecule has 2 rings (SSSR count). The van der Waals surface area contributed by atoms with Gasteiger partial charge in [-0.05, 0) is 31.2 Å². The molecular formula is C12H15Cl2NO3S2. The summed E-state index contributed by atoms with van der Waals surface area (Å²) in [5, 5.41) is 9.43. The Labute approximate surface area is 132 Å². The van der Waals surface area contributed by atoms with Gasteiger partial charge in [-0.3, -0.25) is 0 Å². The van der Waals surface area contributed by atoms with Gasteiger partial charge in [0.1, 0.15) is 4.90 Å². The van der Waals surface area contributed by atoms with Crippen molar-refractivity contribution in [1.29, 1.82) is 0 Å². The van der Waals surface area contributed by atoms with Crippen LogP contribution >= 0.6 is 35.0 Å². The molecular weight excluding hydrogens is 341 g/mol. The number of thioether (sulfide) groups is 1. The van der Waals surface area contributed by atoms with Gasteiger partial charge in [0.15, 0.2) is 0 Å². The molecule has 0 amide bonds. The molecule has 2 N–H and O–H groups in total. The van der Waals surface area contributed by atoms with Crippen LogP contribution in [-0.4, -0.2) is 31.1 Å². The first-order valence-corrected chi connectivity index (χ1v) is 9.44. The van der Waals surface area contributed by atoms with Gasteiger partial charge in [-0.2, -0.15) is 11.8 Å². The average molecular weight is 356 g/mol. The van der Waals surface area contributed by atoms with Crippen molar-refractivity contribution in [1.82, 2.24) is 4.72 Å². The molecule has 1 aromatic rings. The van der Waals surface area contributed by atoms with Crippen molar-refractivity contribution >= 4 is 45.0 Å². The van der Waals surface area contributed by atoms with Crippen molar-refractivity contribution in [2.45, 2.75) is 29.1 Å². The lowest BCUT2D eigenvalue weighted by Gasteiger charge is -2.15. The first kappa shape index (κ1) is 16.4. The van der Waals surface area contributed by atoms with Gasteiger partial charge in [0.2, 0.25) is 10.0 Å². The minimum Gasteiger partial charge on any atom is -0.392 e. The Morgan fingerprint density at radius 2 is 2.05 bits per heavy atom. The van der Waals surface area contributed by atoms with Gasteiger partial charge in [0, 0.05) is 21.9 Å². The van der Waals surface area contributed by atoms with E-state index in [1.165, 1.54) is 12.1 Å². The van der Waals surface area contributed by atoms with E-state index < -0.39 is 16.6 Å². The lowest BCUT2D eigenvalue weighted by Crippen LogP contribution is -2.32. The van der Waals surface area contributed by atoms with Crippen LogP contribution in [0.4, 0.5) is 0 Å². The lowest BCUT2D eigenvalue weighted by atomic mass is 10.2. The molecule has 8 heteroatoms. The van der Waals surface area contributed by atoms with Crippen LogP contribution < -0.4 is 4.72 Å². The van der Waals surface area contributed by atoms with Crippen molar-refractivity contribution in [2.24, 2.45) is 0 Å². The molecule has 20 heavy (non-hydrogen) atoms. The zero-order valence-corrected chi connectivity index (χ0v) is 14.0. The smallest absolute Gasteiger partial charge is 0.242 e. The highest BCUT2D eigenvalue weighted by atomic mass is 35.5. The summed E-state index contributed by atoms with van der Waals surface area (Å²) in [6, 6.07) is 2.78. The van der Waals surface area contributed by atoms with E-state index >= 15 is 0 Å². The monoisotopic (exact) mass is 355 g/mol. The van der Waals surface area contributed by atoms with Crippen LogP contribution in [0.5, 0.6) is 0 Å². The van der Waals surface area contributed by atoms with Crippen LogP contribution in [0.3, 0.4) is 0 Å². The minimum atomic E-state index is -3.71. The van der Waals surface area contributed by atoms with Gasteiger partial charge >= 0.3 is 0 Å². The first-order valence-electron chi connectivity index (χ1n) is 5.98. The summed E-state index contributed by atoms with van der Waals surface area (Å²) >= 11 is 13.6. The maximum atomic E-state index is 12.3. The molecule has 1 fully saturated rings. The second-order valence-electron chi connectivity index (χ2n) is 4.71. The third-order valence-electron chi connectivity index (χ3n) is 3.42. The third kappa shape index (κ3) is 3.26. The van der Waals surface area contributed by atoms with E-state index in [2.05, 4.69) is 4.72 Å². The summed E-state index contributed by atoms with van der Waals surface area (Å²) in [6.07, 6.45) is 3.99. The molecule has 0 atom stereocenters. The van der Waals surface area contributed by atoms with Gasteiger partial charge in [-0.1, -0.05) is 23.2 Å². The molecule has 0 heterocycles. The largest absolute Gasteiger partial charge is 0.392 e. The number of rotatable bonds is 6. The van der Waals surface area contributed by atoms with E-state index in [4.69, 9.17) is 23.2 Å². The fraction of sp³-hybridized carbons (Fsp3) is 0.500. The van der Waals surface area contributed by atoms with Gasteiger partial charge in [-0.25, -0.2) is 13.1 Å². The summed E-state index contributed by atoms with van der Waals surface area (Å²) in [4.78, 5) is -0.0514. The molecule has 0 unspecified atom stereocenters. The van der Waals surface area contributed by atoms with Crippen molar-refractivity contribution in [2.75, 3.05) is 12.8 Å².